The summed E-state index contributed by atoms with van der Waals surface area (Å²) in [5.41, 5.74) is 0.388. The van der Waals surface area contributed by atoms with Crippen molar-refractivity contribution in [1.29, 1.82) is 0 Å². The highest BCUT2D eigenvalue weighted by atomic mass is 35.5. The molecule has 0 saturated carbocycles. The summed E-state index contributed by atoms with van der Waals surface area (Å²) in [5.74, 6) is 0.945. The highest BCUT2D eigenvalue weighted by Gasteiger charge is 2.23. The lowest BCUT2D eigenvalue weighted by molar-refractivity contribution is -0.123. The van der Waals surface area contributed by atoms with E-state index < -0.39 is 6.04 Å². The third-order valence-electron chi connectivity index (χ3n) is 3.92. The largest absolute Gasteiger partial charge is 0.352 e. The van der Waals surface area contributed by atoms with Gasteiger partial charge in [0, 0.05) is 6.04 Å². The van der Waals surface area contributed by atoms with Gasteiger partial charge in [-0.25, -0.2) is 0 Å². The fourth-order valence-corrected chi connectivity index (χ4v) is 3.08. The van der Waals surface area contributed by atoms with Crippen molar-refractivity contribution in [3.63, 3.8) is 0 Å². The number of carbonyl (C=O) groups excluding carboxylic acids is 2. The molecule has 25 heavy (non-hydrogen) atoms. The van der Waals surface area contributed by atoms with Gasteiger partial charge in [0.05, 0.1) is 10.6 Å². The van der Waals surface area contributed by atoms with E-state index in [0.717, 1.165) is 18.6 Å². The molecule has 0 aromatic heterocycles. The molecule has 1 aromatic carbocycles. The molecule has 6 heteroatoms. The van der Waals surface area contributed by atoms with Gasteiger partial charge in [-0.05, 0) is 56.2 Å². The lowest BCUT2D eigenvalue weighted by atomic mass is 10.0. The second kappa shape index (κ2) is 11.4. The average molecular weight is 385 g/mol. The average Bonchev–Trinajstić information content (AvgIpc) is 2.56. The zero-order chi connectivity index (χ0) is 18.8. The lowest BCUT2D eigenvalue weighted by Gasteiger charge is -2.22. The number of rotatable bonds is 10. The van der Waals surface area contributed by atoms with E-state index in [2.05, 4.69) is 24.5 Å². The highest BCUT2D eigenvalue weighted by molar-refractivity contribution is 7.98. The molecule has 0 saturated heterocycles. The Kier molecular flexibility index (Phi) is 9.98. The van der Waals surface area contributed by atoms with Crippen LogP contribution in [0.5, 0.6) is 0 Å². The number of amides is 2. The monoisotopic (exact) mass is 384 g/mol. The lowest BCUT2D eigenvalue weighted by Crippen LogP contribution is -2.49. The molecule has 0 radical (unpaired) electrons. The maximum absolute atomic E-state index is 12.6. The van der Waals surface area contributed by atoms with Crippen LogP contribution in [0.1, 0.15) is 50.4 Å². The molecule has 0 bridgehead atoms. The number of carbonyl (C=O) groups is 2. The van der Waals surface area contributed by atoms with Crippen LogP contribution in [0, 0.1) is 5.92 Å². The maximum atomic E-state index is 12.6. The van der Waals surface area contributed by atoms with Crippen molar-refractivity contribution < 1.29 is 9.59 Å². The molecule has 140 valence electrons. The topological polar surface area (TPSA) is 58.2 Å². The predicted octanol–water partition coefficient (Wildman–Crippen LogP) is 4.13. The molecule has 0 unspecified atom stereocenters. The Labute approximate surface area is 160 Å². The Bertz CT molecular complexity index is 566. The predicted molar refractivity (Wildman–Crippen MR) is 107 cm³/mol. The van der Waals surface area contributed by atoms with Crippen LogP contribution in [0.2, 0.25) is 5.02 Å². The van der Waals surface area contributed by atoms with Gasteiger partial charge in [-0.15, -0.1) is 0 Å². The van der Waals surface area contributed by atoms with Crippen LogP contribution in [0.4, 0.5) is 0 Å². The fourth-order valence-electron chi connectivity index (χ4n) is 2.38. The van der Waals surface area contributed by atoms with Gasteiger partial charge in [0.25, 0.3) is 5.91 Å². The van der Waals surface area contributed by atoms with E-state index in [1.807, 2.05) is 13.2 Å². The van der Waals surface area contributed by atoms with E-state index in [-0.39, 0.29) is 17.9 Å². The molecule has 1 aromatic rings. The van der Waals surface area contributed by atoms with Crippen LogP contribution >= 0.6 is 23.4 Å². The van der Waals surface area contributed by atoms with Gasteiger partial charge in [-0.2, -0.15) is 11.8 Å². The summed E-state index contributed by atoms with van der Waals surface area (Å²) in [6, 6.07) is 6.38. The minimum absolute atomic E-state index is 0.0869. The van der Waals surface area contributed by atoms with E-state index in [0.29, 0.717) is 22.9 Å². The van der Waals surface area contributed by atoms with Crippen LogP contribution in [0.3, 0.4) is 0 Å². The molecule has 0 fully saturated rings. The highest BCUT2D eigenvalue weighted by Crippen LogP contribution is 2.15. The summed E-state index contributed by atoms with van der Waals surface area (Å²) in [7, 11) is 0. The van der Waals surface area contributed by atoms with E-state index in [1.165, 1.54) is 0 Å². The molecular weight excluding hydrogens is 356 g/mol. The van der Waals surface area contributed by atoms with Crippen LogP contribution in [-0.4, -0.2) is 35.9 Å². The third-order valence-corrected chi connectivity index (χ3v) is 4.89. The molecule has 0 aliphatic rings. The SMILES string of the molecule is CSCC[C@@H](NC(=O)c1ccccc1Cl)C(=O)N[C@H](C)CCC(C)C. The zero-order valence-corrected chi connectivity index (χ0v) is 17.0. The maximum Gasteiger partial charge on any atom is 0.253 e. The number of nitrogens with one attached hydrogen (secondary N) is 2. The van der Waals surface area contributed by atoms with Gasteiger partial charge in [0.15, 0.2) is 0 Å². The van der Waals surface area contributed by atoms with Crippen LogP contribution in [0.15, 0.2) is 24.3 Å². The third kappa shape index (κ3) is 8.15. The first-order valence-electron chi connectivity index (χ1n) is 8.69. The zero-order valence-electron chi connectivity index (χ0n) is 15.5. The number of thioether (sulfide) groups is 1. The van der Waals surface area contributed by atoms with Crippen molar-refractivity contribution >= 4 is 35.2 Å². The Morgan fingerprint density at radius 3 is 2.36 bits per heavy atom. The van der Waals surface area contributed by atoms with Crippen molar-refractivity contribution in [3.8, 4) is 0 Å². The normalized spacial score (nSPS) is 13.4. The molecular formula is C19H29ClN2O2S. The van der Waals surface area contributed by atoms with Crippen molar-refractivity contribution in [2.75, 3.05) is 12.0 Å². The fraction of sp³-hybridized carbons (Fsp3) is 0.579. The summed E-state index contributed by atoms with van der Waals surface area (Å²) < 4.78 is 0. The number of halogens is 1. The summed E-state index contributed by atoms with van der Waals surface area (Å²) in [6.07, 6.45) is 4.55. The summed E-state index contributed by atoms with van der Waals surface area (Å²) in [4.78, 5) is 25.0. The van der Waals surface area contributed by atoms with Crippen LogP contribution < -0.4 is 10.6 Å². The molecule has 2 N–H and O–H groups in total. The molecule has 2 amide bonds. The molecule has 0 aliphatic heterocycles. The molecule has 2 atom stereocenters. The minimum atomic E-state index is -0.558. The van der Waals surface area contributed by atoms with E-state index >= 15 is 0 Å². The van der Waals surface area contributed by atoms with Crippen molar-refractivity contribution in [1.82, 2.24) is 10.6 Å². The second-order valence-corrected chi connectivity index (χ2v) is 8.06. The Hall–Kier alpha value is -1.20. The van der Waals surface area contributed by atoms with Gasteiger partial charge < -0.3 is 10.6 Å². The number of benzene rings is 1. The first-order valence-corrected chi connectivity index (χ1v) is 10.5. The summed E-state index contributed by atoms with van der Waals surface area (Å²) in [6.45, 7) is 6.33. The Morgan fingerprint density at radius 1 is 1.08 bits per heavy atom. The van der Waals surface area contributed by atoms with Crippen LogP contribution in [-0.2, 0) is 4.79 Å². The standard InChI is InChI=1S/C19H29ClN2O2S/c1-13(2)9-10-14(3)21-19(24)17(11-12-25-4)22-18(23)15-7-5-6-8-16(15)20/h5-8,13-14,17H,9-12H2,1-4H3,(H,21,24)(H,22,23)/t14-,17-/m1/s1. The molecule has 0 aliphatic carbocycles. The van der Waals surface area contributed by atoms with Crippen LogP contribution in [0.25, 0.3) is 0 Å². The Morgan fingerprint density at radius 2 is 1.76 bits per heavy atom. The van der Waals surface area contributed by atoms with E-state index in [9.17, 15) is 9.59 Å². The van der Waals surface area contributed by atoms with Gasteiger partial charge in [0.2, 0.25) is 5.91 Å². The smallest absolute Gasteiger partial charge is 0.253 e. The summed E-state index contributed by atoms with van der Waals surface area (Å²) in [5, 5.41) is 6.23. The number of hydrogen-bond acceptors (Lipinski definition) is 3. The molecule has 1 rings (SSSR count). The first-order chi connectivity index (χ1) is 11.8. The molecule has 0 heterocycles. The van der Waals surface area contributed by atoms with E-state index in [4.69, 9.17) is 11.6 Å². The van der Waals surface area contributed by atoms with Gasteiger partial charge in [-0.1, -0.05) is 37.6 Å². The minimum Gasteiger partial charge on any atom is -0.352 e. The Balaban J connectivity index is 2.70. The van der Waals surface area contributed by atoms with Crippen molar-refractivity contribution in [2.45, 2.75) is 52.1 Å². The van der Waals surface area contributed by atoms with Crippen molar-refractivity contribution in [3.05, 3.63) is 34.9 Å². The van der Waals surface area contributed by atoms with Gasteiger partial charge in [0.1, 0.15) is 6.04 Å². The van der Waals surface area contributed by atoms with Gasteiger partial charge >= 0.3 is 0 Å². The van der Waals surface area contributed by atoms with E-state index in [1.54, 1.807) is 36.0 Å². The van der Waals surface area contributed by atoms with Gasteiger partial charge in [-0.3, -0.25) is 9.59 Å². The number of hydrogen-bond donors (Lipinski definition) is 2. The molecule has 4 nitrogen and oxygen atoms in total. The second-order valence-electron chi connectivity index (χ2n) is 6.67. The quantitative estimate of drug-likeness (QED) is 0.637. The molecule has 0 spiro atoms. The van der Waals surface area contributed by atoms with Crippen molar-refractivity contribution in [2.24, 2.45) is 5.92 Å². The summed E-state index contributed by atoms with van der Waals surface area (Å²) >= 11 is 7.73. The first kappa shape index (κ1) is 21.8.